The van der Waals surface area contributed by atoms with Crippen molar-refractivity contribution >= 4 is 11.6 Å². The summed E-state index contributed by atoms with van der Waals surface area (Å²) in [5, 5.41) is 3.00. The predicted molar refractivity (Wildman–Crippen MR) is 92.5 cm³/mol. The van der Waals surface area contributed by atoms with Crippen LogP contribution in [0.5, 0.6) is 0 Å². The molecule has 0 aromatic carbocycles. The number of aromatic nitrogens is 2. The number of hydrogen-bond donors (Lipinski definition) is 1. The second-order valence-electron chi connectivity index (χ2n) is 6.76. The lowest BCUT2D eigenvalue weighted by Crippen LogP contribution is -2.21. The Bertz CT molecular complexity index is 689. The Kier molecular flexibility index (Phi) is 4.99. The first kappa shape index (κ1) is 16.0. The summed E-state index contributed by atoms with van der Waals surface area (Å²) in [5.74, 6) is 0.439. The first-order chi connectivity index (χ1) is 11.2. The molecule has 23 heavy (non-hydrogen) atoms. The van der Waals surface area contributed by atoms with Crippen LogP contribution in [0.3, 0.4) is 0 Å². The molecule has 1 unspecified atom stereocenters. The molecule has 0 saturated carbocycles. The molecular formula is C19H27N3O. The molecule has 1 N–H and O–H groups in total. The number of carbonyl (C=O) groups is 1. The van der Waals surface area contributed by atoms with Crippen LogP contribution in [0.25, 0.3) is 5.65 Å². The summed E-state index contributed by atoms with van der Waals surface area (Å²) in [7, 11) is 0. The first-order valence-corrected chi connectivity index (χ1v) is 8.93. The largest absolute Gasteiger partial charge is 0.350 e. The number of fused-ring (bicyclic) bond motifs is 3. The van der Waals surface area contributed by atoms with Crippen LogP contribution in [0.4, 0.5) is 0 Å². The molecule has 124 valence electrons. The van der Waals surface area contributed by atoms with Gasteiger partial charge in [0.15, 0.2) is 0 Å². The molecule has 0 bridgehead atoms. The number of amides is 1. The molecule has 1 atom stereocenters. The van der Waals surface area contributed by atoms with Crippen LogP contribution >= 0.6 is 0 Å². The van der Waals surface area contributed by atoms with Gasteiger partial charge in [0.05, 0.1) is 17.9 Å². The summed E-state index contributed by atoms with van der Waals surface area (Å²) < 4.78 is 2.21. The summed E-state index contributed by atoms with van der Waals surface area (Å²) in [5.41, 5.74) is 4.51. The highest BCUT2D eigenvalue weighted by Gasteiger charge is 2.27. The second-order valence-corrected chi connectivity index (χ2v) is 6.76. The molecule has 3 heterocycles. The fourth-order valence-corrected chi connectivity index (χ4v) is 3.59. The van der Waals surface area contributed by atoms with Crippen molar-refractivity contribution in [3.8, 4) is 0 Å². The lowest BCUT2D eigenvalue weighted by molar-refractivity contribution is -0.121. The van der Waals surface area contributed by atoms with Gasteiger partial charge < -0.3 is 9.72 Å². The molecule has 4 nitrogen and oxygen atoms in total. The third kappa shape index (κ3) is 3.57. The fourth-order valence-electron chi connectivity index (χ4n) is 3.59. The van der Waals surface area contributed by atoms with Gasteiger partial charge in [-0.05, 0) is 25.0 Å². The van der Waals surface area contributed by atoms with Crippen molar-refractivity contribution in [2.75, 3.05) is 0 Å². The molecule has 0 spiro atoms. The highest BCUT2D eigenvalue weighted by molar-refractivity contribution is 5.77. The third-order valence-corrected chi connectivity index (χ3v) is 4.81. The van der Waals surface area contributed by atoms with Crippen LogP contribution in [-0.2, 0) is 11.3 Å². The van der Waals surface area contributed by atoms with Crippen LogP contribution in [0, 0.1) is 6.92 Å². The average molecular weight is 313 g/mol. The van der Waals surface area contributed by atoms with Gasteiger partial charge in [-0.1, -0.05) is 45.1 Å². The number of pyridine rings is 1. The van der Waals surface area contributed by atoms with Crippen molar-refractivity contribution in [3.05, 3.63) is 35.3 Å². The van der Waals surface area contributed by atoms with E-state index in [1.807, 2.05) is 0 Å². The van der Waals surface area contributed by atoms with Crippen LogP contribution in [0.15, 0.2) is 18.3 Å². The van der Waals surface area contributed by atoms with Crippen molar-refractivity contribution in [1.29, 1.82) is 0 Å². The molecule has 2 aromatic rings. The van der Waals surface area contributed by atoms with E-state index in [0.717, 1.165) is 17.8 Å². The molecule has 0 fully saturated rings. The number of hydrogen-bond acceptors (Lipinski definition) is 2. The van der Waals surface area contributed by atoms with E-state index >= 15 is 0 Å². The average Bonchev–Trinajstić information content (AvgIpc) is 2.81. The minimum absolute atomic E-state index is 0.156. The zero-order valence-electron chi connectivity index (χ0n) is 14.3. The lowest BCUT2D eigenvalue weighted by Gasteiger charge is -2.15. The van der Waals surface area contributed by atoms with E-state index in [4.69, 9.17) is 4.98 Å². The quantitative estimate of drug-likeness (QED) is 0.816. The number of unbranched alkanes of at least 4 members (excludes halogenated alkanes) is 4. The van der Waals surface area contributed by atoms with Crippen LogP contribution < -0.4 is 5.32 Å². The van der Waals surface area contributed by atoms with E-state index in [9.17, 15) is 4.79 Å². The number of aryl methyl sites for hydroxylation is 1. The van der Waals surface area contributed by atoms with Crippen LogP contribution in [0.2, 0.25) is 0 Å². The van der Waals surface area contributed by atoms with Crippen molar-refractivity contribution in [3.63, 3.8) is 0 Å². The normalized spacial score (nSPS) is 17.8. The minimum atomic E-state index is 0.156. The summed E-state index contributed by atoms with van der Waals surface area (Å²) in [4.78, 5) is 16.8. The number of nitrogens with one attached hydrogen (secondary N) is 1. The predicted octanol–water partition coefficient (Wildman–Crippen LogP) is 4.11. The smallest absolute Gasteiger partial charge is 0.220 e. The Balaban J connectivity index is 1.85. The number of rotatable bonds is 6. The van der Waals surface area contributed by atoms with E-state index in [2.05, 4.69) is 41.9 Å². The number of carbonyl (C=O) groups excluding carboxylic acids is 1. The molecule has 1 aliphatic rings. The molecule has 4 heteroatoms. The Morgan fingerprint density at radius 1 is 1.26 bits per heavy atom. The topological polar surface area (TPSA) is 46.4 Å². The summed E-state index contributed by atoms with van der Waals surface area (Å²) >= 11 is 0. The van der Waals surface area contributed by atoms with Crippen molar-refractivity contribution in [1.82, 2.24) is 14.7 Å². The zero-order chi connectivity index (χ0) is 16.2. The van der Waals surface area contributed by atoms with Crippen LogP contribution in [-0.4, -0.2) is 15.3 Å². The second kappa shape index (κ2) is 7.16. The molecule has 0 radical (unpaired) electrons. The summed E-state index contributed by atoms with van der Waals surface area (Å²) in [6.07, 6.45) is 10.1. The van der Waals surface area contributed by atoms with E-state index in [-0.39, 0.29) is 11.8 Å². The molecule has 0 aliphatic carbocycles. The molecule has 1 aliphatic heterocycles. The maximum absolute atomic E-state index is 12.1. The van der Waals surface area contributed by atoms with E-state index in [1.165, 1.54) is 43.4 Å². The maximum atomic E-state index is 12.1. The summed E-state index contributed by atoms with van der Waals surface area (Å²) in [6, 6.07) is 4.17. The van der Waals surface area contributed by atoms with Crippen molar-refractivity contribution < 1.29 is 4.79 Å². The minimum Gasteiger partial charge on any atom is -0.350 e. The van der Waals surface area contributed by atoms with Gasteiger partial charge in [0.1, 0.15) is 5.65 Å². The van der Waals surface area contributed by atoms with Gasteiger partial charge in [-0.3, -0.25) is 4.79 Å². The third-order valence-electron chi connectivity index (χ3n) is 4.81. The maximum Gasteiger partial charge on any atom is 0.220 e. The van der Waals surface area contributed by atoms with Gasteiger partial charge in [0.2, 0.25) is 5.91 Å². The highest BCUT2D eigenvalue weighted by atomic mass is 16.1. The van der Waals surface area contributed by atoms with Crippen LogP contribution in [0.1, 0.15) is 74.7 Å². The Hall–Kier alpha value is -1.84. The molecule has 3 rings (SSSR count). The van der Waals surface area contributed by atoms with Gasteiger partial charge in [0.25, 0.3) is 0 Å². The zero-order valence-corrected chi connectivity index (χ0v) is 14.3. The molecular weight excluding hydrogens is 286 g/mol. The van der Waals surface area contributed by atoms with E-state index in [1.54, 1.807) is 0 Å². The molecule has 1 amide bonds. The number of nitrogens with zero attached hydrogens (tertiary/aromatic N) is 2. The summed E-state index contributed by atoms with van der Waals surface area (Å²) in [6.45, 7) is 4.90. The van der Waals surface area contributed by atoms with E-state index < -0.39 is 0 Å². The molecule has 0 saturated heterocycles. The monoisotopic (exact) mass is 313 g/mol. The van der Waals surface area contributed by atoms with E-state index in [0.29, 0.717) is 13.0 Å². The number of imidazole rings is 1. The molecule has 2 aromatic heterocycles. The van der Waals surface area contributed by atoms with Crippen molar-refractivity contribution in [2.45, 2.75) is 71.3 Å². The van der Waals surface area contributed by atoms with Gasteiger partial charge in [-0.2, -0.15) is 0 Å². The SMILES string of the molecule is CCCCCCCC1CC(=O)NCc2nc3ccc(C)cn3c21. The van der Waals surface area contributed by atoms with Gasteiger partial charge >= 0.3 is 0 Å². The standard InChI is InChI=1S/C19H27N3O/c1-3-4-5-6-7-8-15-11-18(23)20-12-16-19(15)22-13-14(2)9-10-17(22)21-16/h9-10,13,15H,3-8,11-12H2,1-2H3,(H,20,23). The van der Waals surface area contributed by atoms with Crippen molar-refractivity contribution in [2.24, 2.45) is 0 Å². The Labute approximate surface area is 138 Å². The highest BCUT2D eigenvalue weighted by Crippen LogP contribution is 2.32. The first-order valence-electron chi connectivity index (χ1n) is 8.93. The lowest BCUT2D eigenvalue weighted by atomic mass is 9.93. The van der Waals surface area contributed by atoms with Gasteiger partial charge in [-0.25, -0.2) is 4.98 Å². The van der Waals surface area contributed by atoms with Gasteiger partial charge in [-0.15, -0.1) is 0 Å². The fraction of sp³-hybridized carbons (Fsp3) is 0.579. The Morgan fingerprint density at radius 3 is 2.91 bits per heavy atom. The Morgan fingerprint density at radius 2 is 2.09 bits per heavy atom. The van der Waals surface area contributed by atoms with Gasteiger partial charge in [0, 0.05) is 18.5 Å².